The summed E-state index contributed by atoms with van der Waals surface area (Å²) in [6, 6.07) is 0. The van der Waals surface area contributed by atoms with Crippen LogP contribution in [0.25, 0.3) is 0 Å². The van der Waals surface area contributed by atoms with Crippen LogP contribution in [0, 0.1) is 5.92 Å². The van der Waals surface area contributed by atoms with Gasteiger partial charge < -0.3 is 0 Å². The molecular weight excluding hydrogens is 132 g/mol. The minimum absolute atomic E-state index is 0.756. The molecule has 0 radical (unpaired) electrons. The van der Waals surface area contributed by atoms with Crippen LogP contribution in [0.1, 0.15) is 25.7 Å². The van der Waals surface area contributed by atoms with Crippen LogP contribution in [-0.2, 0) is 0 Å². The van der Waals surface area contributed by atoms with E-state index in [2.05, 4.69) is 18.2 Å². The monoisotopic (exact) mass is 144 g/mol. The first kappa shape index (κ1) is 5.82. The van der Waals surface area contributed by atoms with Gasteiger partial charge in [0.25, 0.3) is 0 Å². The minimum Gasteiger partial charge on any atom is -0.0729 e. The first-order chi connectivity index (χ1) is 5.45. The summed E-state index contributed by atoms with van der Waals surface area (Å²) in [6.45, 7) is 0. The first-order valence-corrected chi connectivity index (χ1v) is 4.57. The van der Waals surface area contributed by atoms with Crippen molar-refractivity contribution in [2.75, 3.05) is 0 Å². The fraction of sp³-hybridized carbons (Fsp3) is 0.455. The van der Waals surface area contributed by atoms with Crippen molar-refractivity contribution in [1.82, 2.24) is 0 Å². The number of allylic oxidation sites excluding steroid dienone is 6. The van der Waals surface area contributed by atoms with Gasteiger partial charge in [-0.05, 0) is 42.4 Å². The Morgan fingerprint density at radius 1 is 1.18 bits per heavy atom. The average Bonchev–Trinajstić information content (AvgIpc) is 2.83. The summed E-state index contributed by atoms with van der Waals surface area (Å²) in [4.78, 5) is 0. The van der Waals surface area contributed by atoms with Crippen molar-refractivity contribution in [3.05, 3.63) is 34.9 Å². The zero-order valence-electron chi connectivity index (χ0n) is 6.64. The van der Waals surface area contributed by atoms with Crippen molar-refractivity contribution in [1.29, 1.82) is 0 Å². The lowest BCUT2D eigenvalue weighted by atomic mass is 9.86. The third-order valence-electron chi connectivity index (χ3n) is 2.97. The third-order valence-corrected chi connectivity index (χ3v) is 2.97. The highest BCUT2D eigenvalue weighted by Gasteiger charge is 2.30. The van der Waals surface area contributed by atoms with Crippen LogP contribution in [0.4, 0.5) is 0 Å². The van der Waals surface area contributed by atoms with Crippen molar-refractivity contribution in [2.45, 2.75) is 25.7 Å². The maximum Gasteiger partial charge on any atom is 0.0208 e. The number of rotatable bonds is 0. The zero-order valence-corrected chi connectivity index (χ0v) is 6.64. The van der Waals surface area contributed by atoms with Gasteiger partial charge in [0.1, 0.15) is 0 Å². The van der Waals surface area contributed by atoms with Gasteiger partial charge in [-0.15, -0.1) is 0 Å². The summed E-state index contributed by atoms with van der Waals surface area (Å²) < 4.78 is 0. The second-order valence-electron chi connectivity index (χ2n) is 3.72. The summed E-state index contributed by atoms with van der Waals surface area (Å²) in [5.74, 6) is 0.756. The van der Waals surface area contributed by atoms with Gasteiger partial charge in [-0.2, -0.15) is 0 Å². The van der Waals surface area contributed by atoms with Crippen molar-refractivity contribution in [2.24, 2.45) is 5.92 Å². The van der Waals surface area contributed by atoms with E-state index in [1.54, 1.807) is 16.7 Å². The second-order valence-corrected chi connectivity index (χ2v) is 3.72. The van der Waals surface area contributed by atoms with Crippen molar-refractivity contribution >= 4 is 0 Å². The SMILES string of the molecule is C1=CC2C=C2C2=C1CCCC2. The molecule has 56 valence electrons. The molecule has 0 saturated carbocycles. The average molecular weight is 144 g/mol. The summed E-state index contributed by atoms with van der Waals surface area (Å²) >= 11 is 0. The highest BCUT2D eigenvalue weighted by Crippen LogP contribution is 2.46. The molecule has 11 heavy (non-hydrogen) atoms. The molecule has 0 aliphatic heterocycles. The molecular formula is C11H12. The molecule has 0 spiro atoms. The fourth-order valence-electron chi connectivity index (χ4n) is 2.27. The number of fused-ring (bicyclic) bond motifs is 2. The van der Waals surface area contributed by atoms with Crippen molar-refractivity contribution in [3.8, 4) is 0 Å². The first-order valence-electron chi connectivity index (χ1n) is 4.57. The lowest BCUT2D eigenvalue weighted by molar-refractivity contribution is 0.683. The lowest BCUT2D eigenvalue weighted by Gasteiger charge is -2.19. The van der Waals surface area contributed by atoms with Crippen molar-refractivity contribution < 1.29 is 0 Å². The van der Waals surface area contributed by atoms with Gasteiger partial charge in [0, 0.05) is 5.92 Å². The Hall–Kier alpha value is -0.780. The molecule has 0 fully saturated rings. The highest BCUT2D eigenvalue weighted by molar-refractivity contribution is 5.58. The fourth-order valence-corrected chi connectivity index (χ4v) is 2.27. The van der Waals surface area contributed by atoms with Gasteiger partial charge >= 0.3 is 0 Å². The number of hydrogen-bond acceptors (Lipinski definition) is 0. The molecule has 0 amide bonds. The standard InChI is InChI=1S/C11H12/c1-2-4-10-8(3-1)5-6-9-7-11(9)10/h5-7,9H,1-4H2. The maximum atomic E-state index is 2.39. The molecule has 0 N–H and O–H groups in total. The van der Waals surface area contributed by atoms with E-state index in [-0.39, 0.29) is 0 Å². The summed E-state index contributed by atoms with van der Waals surface area (Å²) in [5.41, 5.74) is 4.99. The van der Waals surface area contributed by atoms with Crippen LogP contribution in [0.2, 0.25) is 0 Å². The molecule has 3 rings (SSSR count). The van der Waals surface area contributed by atoms with Crippen LogP contribution in [-0.4, -0.2) is 0 Å². The topological polar surface area (TPSA) is 0 Å². The normalized spacial score (nSPS) is 32.7. The molecule has 0 bridgehead atoms. The van der Waals surface area contributed by atoms with E-state index in [9.17, 15) is 0 Å². The molecule has 0 aromatic carbocycles. The Morgan fingerprint density at radius 2 is 2.09 bits per heavy atom. The largest absolute Gasteiger partial charge is 0.0729 e. The lowest BCUT2D eigenvalue weighted by Crippen LogP contribution is -2.01. The van der Waals surface area contributed by atoms with Crippen LogP contribution >= 0.6 is 0 Å². The highest BCUT2D eigenvalue weighted by atomic mass is 14.3. The van der Waals surface area contributed by atoms with Crippen LogP contribution < -0.4 is 0 Å². The van der Waals surface area contributed by atoms with Gasteiger partial charge in [0.2, 0.25) is 0 Å². The molecule has 0 saturated heterocycles. The Balaban J connectivity index is 2.06. The Bertz CT molecular complexity index is 289. The molecule has 3 aliphatic rings. The van der Waals surface area contributed by atoms with E-state index in [1.165, 1.54) is 25.7 Å². The van der Waals surface area contributed by atoms with Gasteiger partial charge in [0.15, 0.2) is 0 Å². The molecule has 3 aliphatic carbocycles. The predicted molar refractivity (Wildman–Crippen MR) is 46.2 cm³/mol. The quantitative estimate of drug-likeness (QED) is 0.490. The molecule has 0 aromatic rings. The summed E-state index contributed by atoms with van der Waals surface area (Å²) in [7, 11) is 0. The summed E-state index contributed by atoms with van der Waals surface area (Å²) in [6.07, 6.45) is 12.6. The van der Waals surface area contributed by atoms with E-state index in [4.69, 9.17) is 0 Å². The van der Waals surface area contributed by atoms with Gasteiger partial charge in [-0.1, -0.05) is 18.2 Å². The van der Waals surface area contributed by atoms with E-state index >= 15 is 0 Å². The smallest absolute Gasteiger partial charge is 0.0208 e. The van der Waals surface area contributed by atoms with E-state index < -0.39 is 0 Å². The van der Waals surface area contributed by atoms with E-state index in [0.29, 0.717) is 0 Å². The number of hydrogen-bond donors (Lipinski definition) is 0. The minimum atomic E-state index is 0.756. The van der Waals surface area contributed by atoms with Crippen LogP contribution in [0.3, 0.4) is 0 Å². The Kier molecular flexibility index (Phi) is 0.993. The Morgan fingerprint density at radius 3 is 3.09 bits per heavy atom. The Labute approximate surface area is 67.3 Å². The van der Waals surface area contributed by atoms with Gasteiger partial charge in [-0.25, -0.2) is 0 Å². The molecule has 0 aromatic heterocycles. The van der Waals surface area contributed by atoms with Crippen LogP contribution in [0.5, 0.6) is 0 Å². The summed E-state index contributed by atoms with van der Waals surface area (Å²) in [5, 5.41) is 0. The zero-order chi connectivity index (χ0) is 7.26. The van der Waals surface area contributed by atoms with Crippen molar-refractivity contribution in [3.63, 3.8) is 0 Å². The maximum absolute atomic E-state index is 2.39. The van der Waals surface area contributed by atoms with Crippen LogP contribution in [0.15, 0.2) is 34.9 Å². The molecule has 0 nitrogen and oxygen atoms in total. The third kappa shape index (κ3) is 0.756. The van der Waals surface area contributed by atoms with E-state index in [1.807, 2.05) is 0 Å². The van der Waals surface area contributed by atoms with Gasteiger partial charge in [-0.3, -0.25) is 0 Å². The molecule has 1 unspecified atom stereocenters. The van der Waals surface area contributed by atoms with Gasteiger partial charge in [0.05, 0.1) is 0 Å². The van der Waals surface area contributed by atoms with E-state index in [0.717, 1.165) is 5.92 Å². The molecule has 1 atom stereocenters. The predicted octanol–water partition coefficient (Wildman–Crippen LogP) is 2.98. The molecule has 0 heterocycles. The second kappa shape index (κ2) is 1.88. The molecule has 0 heteroatoms.